The second-order valence-corrected chi connectivity index (χ2v) is 9.01. The van der Waals surface area contributed by atoms with Crippen molar-refractivity contribution in [2.45, 2.75) is 46.6 Å². The van der Waals surface area contributed by atoms with Crippen molar-refractivity contribution in [3.05, 3.63) is 68.8 Å². The second kappa shape index (κ2) is 9.74. The van der Waals surface area contributed by atoms with Crippen LogP contribution in [0.25, 0.3) is 0 Å². The first-order valence-corrected chi connectivity index (χ1v) is 11.8. The number of nitrogens with zero attached hydrogens (tertiary/aromatic N) is 4. The number of aromatic nitrogens is 4. The molecule has 3 aromatic rings. The second-order valence-electron chi connectivity index (χ2n) is 8.10. The zero-order valence-electron chi connectivity index (χ0n) is 19.1. The Hall–Kier alpha value is -3.20. The summed E-state index contributed by atoms with van der Waals surface area (Å²) in [6.45, 7) is 8.59. The van der Waals surface area contributed by atoms with Crippen molar-refractivity contribution in [2.24, 2.45) is 0 Å². The highest BCUT2D eigenvalue weighted by atomic mass is 79.9. The molecular weight excluding hydrogens is 484 g/mol. The molecule has 1 aliphatic rings. The van der Waals surface area contributed by atoms with Crippen LogP contribution in [0.5, 0.6) is 5.75 Å². The van der Waals surface area contributed by atoms with Gasteiger partial charge in [0.1, 0.15) is 11.8 Å². The summed E-state index contributed by atoms with van der Waals surface area (Å²) in [5.41, 5.74) is 4.92. The van der Waals surface area contributed by atoms with E-state index in [-0.39, 0.29) is 5.91 Å². The number of fused-ring (bicyclic) bond motifs is 1. The summed E-state index contributed by atoms with van der Waals surface area (Å²) < 4.78 is 8.62. The quantitative estimate of drug-likeness (QED) is 0.426. The molecule has 0 saturated carbocycles. The van der Waals surface area contributed by atoms with Crippen molar-refractivity contribution >= 4 is 33.5 Å². The van der Waals surface area contributed by atoms with E-state index in [2.05, 4.69) is 49.0 Å². The first kappa shape index (κ1) is 23.0. The lowest BCUT2D eigenvalue weighted by atomic mass is 9.94. The molecule has 0 bridgehead atoms. The Morgan fingerprint density at radius 3 is 2.85 bits per heavy atom. The minimum atomic E-state index is -0.560. The Morgan fingerprint density at radius 2 is 2.06 bits per heavy atom. The van der Waals surface area contributed by atoms with E-state index in [1.807, 2.05) is 57.2 Å². The molecule has 1 aliphatic heterocycles. The predicted octanol–water partition coefficient (Wildman–Crippen LogP) is 5.16. The van der Waals surface area contributed by atoms with Crippen LogP contribution < -0.4 is 15.4 Å². The summed E-state index contributed by atoms with van der Waals surface area (Å²) in [5, 5.41) is 18.4. The molecule has 4 rings (SSSR count). The normalized spacial score (nSPS) is 15.1. The number of tetrazole rings is 1. The number of carbonyl (C=O) groups excluding carboxylic acids is 1. The van der Waals surface area contributed by atoms with E-state index < -0.39 is 6.04 Å². The van der Waals surface area contributed by atoms with E-state index in [1.54, 1.807) is 4.68 Å². The van der Waals surface area contributed by atoms with Gasteiger partial charge in [0.05, 0.1) is 12.2 Å². The van der Waals surface area contributed by atoms with Gasteiger partial charge >= 0.3 is 0 Å². The number of allylic oxidation sites excluding steroid dienone is 1. The Bertz CT molecular complexity index is 1220. The van der Waals surface area contributed by atoms with Gasteiger partial charge in [0.15, 0.2) is 0 Å². The standard InChI is InChI=1S/C24H27BrN6O2/c1-5-6-12-33-20-11-10-17(25)13-18(20)22-21(16(4)26-24-28-29-30-31(22)24)23(32)27-19-9-7-8-14(2)15(19)3/h7-11,13,22H,5-6,12H2,1-4H3,(H,27,32)(H,26,28,30). The number of unbranched alkanes of at least 4 members (excludes halogenated alkanes) is 1. The highest BCUT2D eigenvalue weighted by Gasteiger charge is 2.36. The third-order valence-corrected chi connectivity index (χ3v) is 6.33. The van der Waals surface area contributed by atoms with Gasteiger partial charge in [0.2, 0.25) is 5.95 Å². The lowest BCUT2D eigenvalue weighted by Crippen LogP contribution is -2.32. The van der Waals surface area contributed by atoms with Gasteiger partial charge in [-0.05, 0) is 73.0 Å². The van der Waals surface area contributed by atoms with E-state index in [4.69, 9.17) is 4.74 Å². The van der Waals surface area contributed by atoms with Crippen molar-refractivity contribution in [2.75, 3.05) is 17.2 Å². The van der Waals surface area contributed by atoms with Crippen molar-refractivity contribution in [3.8, 4) is 5.75 Å². The summed E-state index contributed by atoms with van der Waals surface area (Å²) in [6, 6.07) is 11.1. The molecule has 172 valence electrons. The molecule has 0 fully saturated rings. The van der Waals surface area contributed by atoms with E-state index in [0.717, 1.165) is 39.7 Å². The number of hydrogen-bond acceptors (Lipinski definition) is 6. The fraction of sp³-hybridized carbons (Fsp3) is 0.333. The Kier molecular flexibility index (Phi) is 6.78. The van der Waals surface area contributed by atoms with Crippen molar-refractivity contribution in [1.82, 2.24) is 20.2 Å². The highest BCUT2D eigenvalue weighted by molar-refractivity contribution is 9.10. The largest absolute Gasteiger partial charge is 0.493 e. The lowest BCUT2D eigenvalue weighted by molar-refractivity contribution is -0.113. The van der Waals surface area contributed by atoms with E-state index >= 15 is 0 Å². The monoisotopic (exact) mass is 510 g/mol. The molecule has 1 amide bonds. The number of rotatable bonds is 7. The number of benzene rings is 2. The minimum Gasteiger partial charge on any atom is -0.493 e. The Morgan fingerprint density at radius 1 is 1.24 bits per heavy atom. The maximum absolute atomic E-state index is 13.7. The van der Waals surface area contributed by atoms with Crippen LogP contribution in [0, 0.1) is 13.8 Å². The molecule has 8 nitrogen and oxygen atoms in total. The van der Waals surface area contributed by atoms with Gasteiger partial charge in [0, 0.05) is 21.4 Å². The van der Waals surface area contributed by atoms with Crippen LogP contribution in [0.3, 0.4) is 0 Å². The summed E-state index contributed by atoms with van der Waals surface area (Å²) >= 11 is 3.57. The summed E-state index contributed by atoms with van der Waals surface area (Å²) in [6.07, 6.45) is 1.96. The maximum Gasteiger partial charge on any atom is 0.255 e. The van der Waals surface area contributed by atoms with Gasteiger partial charge in [-0.1, -0.05) is 46.5 Å². The van der Waals surface area contributed by atoms with Crippen LogP contribution in [0.4, 0.5) is 11.6 Å². The van der Waals surface area contributed by atoms with Crippen molar-refractivity contribution < 1.29 is 9.53 Å². The minimum absolute atomic E-state index is 0.223. The van der Waals surface area contributed by atoms with E-state index in [1.165, 1.54) is 0 Å². The fourth-order valence-electron chi connectivity index (χ4n) is 3.86. The molecule has 1 unspecified atom stereocenters. The SMILES string of the molecule is CCCCOc1ccc(Br)cc1C1C(C(=O)Nc2cccc(C)c2C)=C(C)Nc2nnnn21. The van der Waals surface area contributed by atoms with Crippen molar-refractivity contribution in [3.63, 3.8) is 0 Å². The highest BCUT2D eigenvalue weighted by Crippen LogP contribution is 2.40. The number of ether oxygens (including phenoxy) is 1. The molecule has 0 spiro atoms. The van der Waals surface area contributed by atoms with Crippen LogP contribution in [-0.4, -0.2) is 32.7 Å². The molecule has 9 heteroatoms. The van der Waals surface area contributed by atoms with Gasteiger partial charge in [-0.3, -0.25) is 4.79 Å². The van der Waals surface area contributed by atoms with Gasteiger partial charge in [-0.25, -0.2) is 0 Å². The molecule has 0 saturated heterocycles. The maximum atomic E-state index is 13.7. The van der Waals surface area contributed by atoms with Gasteiger partial charge < -0.3 is 15.4 Å². The van der Waals surface area contributed by atoms with Crippen LogP contribution >= 0.6 is 15.9 Å². The molecule has 1 aromatic heterocycles. The average molecular weight is 511 g/mol. The summed E-state index contributed by atoms with van der Waals surface area (Å²) in [5.74, 6) is 0.949. The number of amides is 1. The van der Waals surface area contributed by atoms with Gasteiger partial charge in [-0.2, -0.15) is 4.68 Å². The topological polar surface area (TPSA) is 94.0 Å². The number of nitrogens with one attached hydrogen (secondary N) is 2. The number of carbonyl (C=O) groups is 1. The predicted molar refractivity (Wildman–Crippen MR) is 131 cm³/mol. The zero-order chi connectivity index (χ0) is 23.5. The lowest BCUT2D eigenvalue weighted by Gasteiger charge is -2.29. The molecular formula is C24H27BrN6O2. The molecule has 33 heavy (non-hydrogen) atoms. The Balaban J connectivity index is 1.79. The first-order valence-electron chi connectivity index (χ1n) is 11.0. The summed E-state index contributed by atoms with van der Waals surface area (Å²) in [4.78, 5) is 13.7. The molecule has 0 radical (unpaired) electrons. The molecule has 2 N–H and O–H groups in total. The van der Waals surface area contributed by atoms with Crippen LogP contribution in [0.15, 0.2) is 52.1 Å². The molecule has 1 atom stereocenters. The van der Waals surface area contributed by atoms with Gasteiger partial charge in [0.25, 0.3) is 5.91 Å². The van der Waals surface area contributed by atoms with Crippen LogP contribution in [-0.2, 0) is 4.79 Å². The summed E-state index contributed by atoms with van der Waals surface area (Å²) in [7, 11) is 0. The molecule has 2 heterocycles. The number of anilines is 2. The number of halogens is 1. The fourth-order valence-corrected chi connectivity index (χ4v) is 4.24. The third kappa shape index (κ3) is 4.64. The zero-order valence-corrected chi connectivity index (χ0v) is 20.7. The van der Waals surface area contributed by atoms with Crippen LogP contribution in [0.2, 0.25) is 0 Å². The van der Waals surface area contributed by atoms with E-state index in [9.17, 15) is 4.79 Å². The van der Waals surface area contributed by atoms with Gasteiger partial charge in [-0.15, -0.1) is 0 Å². The Labute approximate surface area is 201 Å². The molecule has 0 aliphatic carbocycles. The third-order valence-electron chi connectivity index (χ3n) is 5.83. The van der Waals surface area contributed by atoms with Crippen LogP contribution in [0.1, 0.15) is 49.4 Å². The number of hydrogen-bond donors (Lipinski definition) is 2. The smallest absolute Gasteiger partial charge is 0.255 e. The average Bonchev–Trinajstić information content (AvgIpc) is 3.25. The van der Waals surface area contributed by atoms with E-state index in [0.29, 0.717) is 29.6 Å². The van der Waals surface area contributed by atoms with Crippen molar-refractivity contribution in [1.29, 1.82) is 0 Å². The molecule has 2 aromatic carbocycles. The first-order chi connectivity index (χ1) is 15.9. The number of aryl methyl sites for hydroxylation is 1.